The van der Waals surface area contributed by atoms with Crippen molar-refractivity contribution in [2.45, 2.75) is 20.8 Å². The van der Waals surface area contributed by atoms with Gasteiger partial charge in [-0.25, -0.2) is 14.3 Å². The maximum atomic E-state index is 11.4. The van der Waals surface area contributed by atoms with Crippen LogP contribution in [0, 0.1) is 0 Å². The van der Waals surface area contributed by atoms with Gasteiger partial charge >= 0.3 is 5.97 Å². The fraction of sp³-hybridized carbons (Fsp3) is 0.364. The molecule has 0 unspecified atom stereocenters. The number of hydrogen-bond acceptors (Lipinski definition) is 4. The van der Waals surface area contributed by atoms with Gasteiger partial charge in [-0.1, -0.05) is 37.0 Å². The lowest BCUT2D eigenvalue weighted by Gasteiger charge is -1.96. The van der Waals surface area contributed by atoms with Crippen molar-refractivity contribution in [2.75, 3.05) is 6.61 Å². The summed E-state index contributed by atoms with van der Waals surface area (Å²) < 4.78 is 6.13. The molecule has 0 saturated carbocycles. The summed E-state index contributed by atoms with van der Waals surface area (Å²) in [6, 6.07) is 2.91. The Morgan fingerprint density at radius 3 is 2.67 bits per heavy atom. The van der Waals surface area contributed by atoms with Gasteiger partial charge in [0.05, 0.1) is 6.61 Å². The van der Waals surface area contributed by atoms with Gasteiger partial charge in [-0.3, -0.25) is 0 Å². The molecule has 0 fully saturated rings. The highest BCUT2D eigenvalue weighted by Crippen LogP contribution is 2.17. The van der Waals surface area contributed by atoms with E-state index >= 15 is 0 Å². The number of aromatic nitrogens is 3. The van der Waals surface area contributed by atoms with Gasteiger partial charge in [0.25, 0.3) is 0 Å². The zero-order chi connectivity index (χ0) is 13.7. The fourth-order valence-electron chi connectivity index (χ4n) is 1.21. The average Bonchev–Trinajstić information content (AvgIpc) is 2.76. The van der Waals surface area contributed by atoms with E-state index in [1.165, 1.54) is 16.6 Å². The standard InChI is InChI=1S/C9H7Cl2N3O2.C2H6/c1-2-16-9(15)5-3-8-12-6(10)4-7(11)14(8)13-5;1-2/h3-4H,2H2,1H3;1-2H3. The Bertz CT molecular complexity index is 554. The summed E-state index contributed by atoms with van der Waals surface area (Å²) in [6.45, 7) is 6.00. The van der Waals surface area contributed by atoms with Gasteiger partial charge in [0.15, 0.2) is 11.3 Å². The van der Waals surface area contributed by atoms with Crippen molar-refractivity contribution in [1.29, 1.82) is 0 Å². The number of hydrogen-bond donors (Lipinski definition) is 0. The minimum Gasteiger partial charge on any atom is -0.461 e. The summed E-state index contributed by atoms with van der Waals surface area (Å²) >= 11 is 11.6. The molecule has 2 heterocycles. The van der Waals surface area contributed by atoms with E-state index in [0.29, 0.717) is 5.65 Å². The monoisotopic (exact) mass is 289 g/mol. The Morgan fingerprint density at radius 1 is 1.39 bits per heavy atom. The molecule has 0 bridgehead atoms. The molecule has 0 saturated heterocycles. The van der Waals surface area contributed by atoms with E-state index in [2.05, 4.69) is 10.1 Å². The Balaban J connectivity index is 0.000000771. The van der Waals surface area contributed by atoms with Gasteiger partial charge in [-0.2, -0.15) is 5.10 Å². The van der Waals surface area contributed by atoms with Crippen molar-refractivity contribution in [3.8, 4) is 0 Å². The molecule has 2 rings (SSSR count). The molecule has 0 aliphatic carbocycles. The second-order valence-corrected chi connectivity index (χ2v) is 3.70. The normalized spacial score (nSPS) is 9.83. The SMILES string of the molecule is CC.CCOC(=O)c1cc2nc(Cl)cc(Cl)n2n1. The number of rotatable bonds is 2. The summed E-state index contributed by atoms with van der Waals surface area (Å²) in [6.07, 6.45) is 0. The number of ether oxygens (including phenoxy) is 1. The van der Waals surface area contributed by atoms with Gasteiger partial charge in [0.1, 0.15) is 10.3 Å². The van der Waals surface area contributed by atoms with E-state index in [4.69, 9.17) is 27.9 Å². The van der Waals surface area contributed by atoms with E-state index in [0.717, 1.165) is 0 Å². The smallest absolute Gasteiger partial charge is 0.358 e. The van der Waals surface area contributed by atoms with Crippen molar-refractivity contribution >= 4 is 34.8 Å². The quantitative estimate of drug-likeness (QED) is 0.629. The van der Waals surface area contributed by atoms with Crippen LogP contribution in [-0.4, -0.2) is 27.2 Å². The van der Waals surface area contributed by atoms with Gasteiger partial charge in [-0.15, -0.1) is 0 Å². The molecule has 7 heteroatoms. The lowest BCUT2D eigenvalue weighted by molar-refractivity contribution is 0.0519. The van der Waals surface area contributed by atoms with E-state index in [-0.39, 0.29) is 22.6 Å². The second-order valence-electron chi connectivity index (χ2n) is 2.92. The Kier molecular flexibility index (Phi) is 5.37. The fourth-order valence-corrected chi connectivity index (χ4v) is 1.69. The lowest BCUT2D eigenvalue weighted by Crippen LogP contribution is -2.05. The van der Waals surface area contributed by atoms with Crippen molar-refractivity contribution in [3.05, 3.63) is 28.1 Å². The molecule has 98 valence electrons. The maximum absolute atomic E-state index is 11.4. The molecule has 0 spiro atoms. The highest BCUT2D eigenvalue weighted by atomic mass is 35.5. The number of nitrogens with zero attached hydrogens (tertiary/aromatic N) is 3. The third-order valence-electron chi connectivity index (χ3n) is 1.84. The van der Waals surface area contributed by atoms with Gasteiger partial charge in [-0.05, 0) is 6.92 Å². The molecule has 5 nitrogen and oxygen atoms in total. The van der Waals surface area contributed by atoms with Crippen LogP contribution < -0.4 is 0 Å². The summed E-state index contributed by atoms with van der Waals surface area (Å²) in [5.74, 6) is -0.514. The van der Waals surface area contributed by atoms with Crippen molar-refractivity contribution in [2.24, 2.45) is 0 Å². The van der Waals surface area contributed by atoms with E-state index in [1.807, 2.05) is 13.8 Å². The van der Waals surface area contributed by atoms with Crippen LogP contribution in [0.5, 0.6) is 0 Å². The molecule has 18 heavy (non-hydrogen) atoms. The first kappa shape index (κ1) is 14.7. The van der Waals surface area contributed by atoms with Crippen LogP contribution in [0.2, 0.25) is 10.3 Å². The molecule has 2 aromatic heterocycles. The van der Waals surface area contributed by atoms with E-state index in [9.17, 15) is 4.79 Å². The highest BCUT2D eigenvalue weighted by molar-refractivity contribution is 6.33. The highest BCUT2D eigenvalue weighted by Gasteiger charge is 2.14. The number of halogens is 2. The summed E-state index contributed by atoms with van der Waals surface area (Å²) in [5, 5.41) is 4.49. The van der Waals surface area contributed by atoms with Gasteiger partial charge < -0.3 is 4.74 Å². The predicted molar refractivity (Wildman–Crippen MR) is 70.3 cm³/mol. The van der Waals surface area contributed by atoms with Gasteiger partial charge in [0.2, 0.25) is 0 Å². The molecule has 0 N–H and O–H groups in total. The molecule has 0 radical (unpaired) electrons. The molecule has 0 aliphatic heterocycles. The van der Waals surface area contributed by atoms with Crippen LogP contribution in [0.25, 0.3) is 5.65 Å². The topological polar surface area (TPSA) is 56.5 Å². The number of carbonyl (C=O) groups excluding carboxylic acids is 1. The maximum Gasteiger partial charge on any atom is 0.358 e. The van der Waals surface area contributed by atoms with E-state index in [1.54, 1.807) is 6.92 Å². The lowest BCUT2D eigenvalue weighted by atomic mass is 10.4. The van der Waals surface area contributed by atoms with Crippen LogP contribution in [0.4, 0.5) is 0 Å². The Hall–Kier alpha value is -1.33. The van der Waals surface area contributed by atoms with Crippen LogP contribution in [0.1, 0.15) is 31.3 Å². The molecule has 0 aliphatic rings. The zero-order valence-electron chi connectivity index (χ0n) is 10.3. The van der Waals surface area contributed by atoms with Crippen molar-refractivity contribution < 1.29 is 9.53 Å². The van der Waals surface area contributed by atoms with Crippen LogP contribution in [0.15, 0.2) is 12.1 Å². The van der Waals surface area contributed by atoms with E-state index < -0.39 is 5.97 Å². The predicted octanol–water partition coefficient (Wildman–Crippen LogP) is 3.24. The summed E-state index contributed by atoms with van der Waals surface area (Å²) in [7, 11) is 0. The first-order chi connectivity index (χ1) is 8.61. The largest absolute Gasteiger partial charge is 0.461 e. The molecular formula is C11H13Cl2N3O2. The van der Waals surface area contributed by atoms with Crippen LogP contribution >= 0.6 is 23.2 Å². The second kappa shape index (κ2) is 6.56. The third kappa shape index (κ3) is 3.11. The third-order valence-corrected chi connectivity index (χ3v) is 2.30. The first-order valence-electron chi connectivity index (χ1n) is 5.50. The molecule has 2 aromatic rings. The molecule has 0 aromatic carbocycles. The molecule has 0 amide bonds. The van der Waals surface area contributed by atoms with Crippen molar-refractivity contribution in [3.63, 3.8) is 0 Å². The number of carbonyl (C=O) groups is 1. The first-order valence-corrected chi connectivity index (χ1v) is 6.26. The minimum absolute atomic E-state index is 0.151. The minimum atomic E-state index is -0.514. The molecular weight excluding hydrogens is 277 g/mol. The summed E-state index contributed by atoms with van der Waals surface area (Å²) in [5.41, 5.74) is 0.555. The average molecular weight is 290 g/mol. The Labute approximate surface area is 115 Å². The Morgan fingerprint density at radius 2 is 2.06 bits per heavy atom. The van der Waals surface area contributed by atoms with Crippen molar-refractivity contribution in [1.82, 2.24) is 14.6 Å². The number of fused-ring (bicyclic) bond motifs is 1. The zero-order valence-corrected chi connectivity index (χ0v) is 11.8. The molecule has 0 atom stereocenters. The number of esters is 1. The van der Waals surface area contributed by atoms with Gasteiger partial charge in [0, 0.05) is 12.1 Å². The van der Waals surface area contributed by atoms with Crippen LogP contribution in [-0.2, 0) is 4.74 Å². The summed E-state index contributed by atoms with van der Waals surface area (Å²) in [4.78, 5) is 15.4. The van der Waals surface area contributed by atoms with Crippen LogP contribution in [0.3, 0.4) is 0 Å².